The Kier molecular flexibility index (Phi) is 6.29. The fourth-order valence-electron chi connectivity index (χ4n) is 5.74. The largest absolute Gasteiger partial charge is 0.342 e. The number of aromatic nitrogens is 2. The maximum Gasteiger partial charge on any atom is 0.255 e. The minimum atomic E-state index is -0.262. The summed E-state index contributed by atoms with van der Waals surface area (Å²) in [7, 11) is 2.00. The molecule has 1 aliphatic heterocycles. The maximum atomic E-state index is 12.9. The quantitative estimate of drug-likeness (QED) is 0.588. The number of amides is 2. The van der Waals surface area contributed by atoms with Gasteiger partial charge in [0.2, 0.25) is 5.91 Å². The summed E-state index contributed by atoms with van der Waals surface area (Å²) >= 11 is 0. The van der Waals surface area contributed by atoms with Crippen molar-refractivity contribution in [2.45, 2.75) is 51.4 Å². The number of anilines is 1. The molecule has 3 aromatic rings. The zero-order valence-electron chi connectivity index (χ0n) is 20.4. The van der Waals surface area contributed by atoms with Gasteiger partial charge in [0.25, 0.3) is 5.91 Å². The minimum absolute atomic E-state index is 0.232. The van der Waals surface area contributed by atoms with Crippen molar-refractivity contribution in [1.82, 2.24) is 14.5 Å². The van der Waals surface area contributed by atoms with Crippen LogP contribution in [-0.2, 0) is 11.8 Å². The normalized spacial score (nSPS) is 17.0. The second-order valence-electron chi connectivity index (χ2n) is 9.92. The van der Waals surface area contributed by atoms with Gasteiger partial charge in [-0.25, -0.2) is 4.98 Å². The summed E-state index contributed by atoms with van der Waals surface area (Å²) < 4.78 is 2.05. The van der Waals surface area contributed by atoms with Gasteiger partial charge in [-0.2, -0.15) is 5.26 Å². The Morgan fingerprint density at radius 3 is 2.60 bits per heavy atom. The number of likely N-dealkylation sites (tertiary alicyclic amines) is 1. The molecule has 5 rings (SSSR count). The molecule has 1 aromatic carbocycles. The van der Waals surface area contributed by atoms with Crippen LogP contribution in [0.25, 0.3) is 11.0 Å². The predicted molar refractivity (Wildman–Crippen MR) is 135 cm³/mol. The first-order valence-corrected chi connectivity index (χ1v) is 12.5. The third-order valence-electron chi connectivity index (χ3n) is 7.73. The molecule has 2 amide bonds. The monoisotopic (exact) mass is 469 g/mol. The Morgan fingerprint density at radius 2 is 1.89 bits per heavy atom. The van der Waals surface area contributed by atoms with Gasteiger partial charge in [-0.3, -0.25) is 9.59 Å². The topological polar surface area (TPSA) is 91.0 Å². The number of rotatable bonds is 4. The van der Waals surface area contributed by atoms with Gasteiger partial charge < -0.3 is 14.8 Å². The summed E-state index contributed by atoms with van der Waals surface area (Å²) in [6.07, 6.45) is 10.2. The van der Waals surface area contributed by atoms with Crippen molar-refractivity contribution in [2.24, 2.45) is 13.0 Å². The maximum absolute atomic E-state index is 12.9. The van der Waals surface area contributed by atoms with Gasteiger partial charge in [-0.1, -0.05) is 18.9 Å². The molecular weight excluding hydrogens is 438 g/mol. The number of carbonyl (C=O) groups excluding carboxylic acids is 2. The Hall–Kier alpha value is -3.66. The van der Waals surface area contributed by atoms with Crippen molar-refractivity contribution in [1.29, 1.82) is 5.26 Å². The van der Waals surface area contributed by atoms with Gasteiger partial charge in [0.1, 0.15) is 5.65 Å². The van der Waals surface area contributed by atoms with Crippen LogP contribution < -0.4 is 5.32 Å². The lowest BCUT2D eigenvalue weighted by molar-refractivity contribution is -0.136. The highest BCUT2D eigenvalue weighted by Gasteiger charge is 2.31. The van der Waals surface area contributed by atoms with E-state index in [1.54, 1.807) is 30.5 Å². The van der Waals surface area contributed by atoms with Crippen molar-refractivity contribution >= 4 is 28.5 Å². The van der Waals surface area contributed by atoms with E-state index in [9.17, 15) is 9.59 Å². The van der Waals surface area contributed by atoms with Crippen molar-refractivity contribution in [3.8, 4) is 6.07 Å². The van der Waals surface area contributed by atoms with E-state index in [0.717, 1.165) is 55.4 Å². The molecule has 0 bridgehead atoms. The van der Waals surface area contributed by atoms with Crippen molar-refractivity contribution in [2.75, 3.05) is 18.4 Å². The lowest BCUT2D eigenvalue weighted by atomic mass is 9.88. The molecule has 2 fully saturated rings. The second-order valence-corrected chi connectivity index (χ2v) is 9.92. The van der Waals surface area contributed by atoms with Gasteiger partial charge in [0, 0.05) is 43.2 Å². The fourth-order valence-corrected chi connectivity index (χ4v) is 5.74. The van der Waals surface area contributed by atoms with E-state index in [4.69, 9.17) is 5.26 Å². The van der Waals surface area contributed by atoms with E-state index in [1.165, 1.54) is 18.4 Å². The number of hydrogen-bond acceptors (Lipinski definition) is 4. The average molecular weight is 470 g/mol. The number of benzene rings is 1. The summed E-state index contributed by atoms with van der Waals surface area (Å²) in [4.78, 5) is 32.5. The van der Waals surface area contributed by atoms with E-state index >= 15 is 0 Å². The fraction of sp³-hybridized carbons (Fsp3) is 0.429. The van der Waals surface area contributed by atoms with Crippen molar-refractivity contribution in [3.63, 3.8) is 0 Å². The van der Waals surface area contributed by atoms with Crippen LogP contribution in [0, 0.1) is 24.2 Å². The van der Waals surface area contributed by atoms with Crippen molar-refractivity contribution in [3.05, 3.63) is 58.9 Å². The number of carbonyl (C=O) groups is 2. The molecule has 7 nitrogen and oxygen atoms in total. The number of aryl methyl sites for hydroxylation is 2. The Labute approximate surface area is 205 Å². The number of fused-ring (bicyclic) bond motifs is 1. The van der Waals surface area contributed by atoms with Gasteiger partial charge in [-0.15, -0.1) is 0 Å². The molecule has 0 radical (unpaired) electrons. The molecule has 0 unspecified atom stereocenters. The van der Waals surface area contributed by atoms with E-state index in [1.807, 2.05) is 14.0 Å². The van der Waals surface area contributed by atoms with Crippen LogP contribution in [0.5, 0.6) is 0 Å². The molecule has 1 saturated carbocycles. The standard InChI is InChI=1S/C28H31N5O2/c1-18-24(31-27(34)22-9-5-6-19(14-22)15-29)16-30-26-25(18)23(17-32(26)2)20-10-12-33(13-11-20)28(35)21-7-3-4-8-21/h5-6,9,14,16-17,20-21H,3-4,7-8,10-13H2,1-2H3,(H,31,34). The Morgan fingerprint density at radius 1 is 1.14 bits per heavy atom. The first-order valence-electron chi connectivity index (χ1n) is 12.5. The molecule has 0 atom stereocenters. The molecule has 0 spiro atoms. The third-order valence-corrected chi connectivity index (χ3v) is 7.73. The highest BCUT2D eigenvalue weighted by Crippen LogP contribution is 2.38. The van der Waals surface area contributed by atoms with E-state index < -0.39 is 0 Å². The number of pyridine rings is 1. The molecule has 2 aromatic heterocycles. The Bertz CT molecular complexity index is 1320. The molecule has 1 aliphatic carbocycles. The molecule has 180 valence electrons. The number of nitrogens with zero attached hydrogens (tertiary/aromatic N) is 4. The summed E-state index contributed by atoms with van der Waals surface area (Å²) in [6.45, 7) is 3.62. The van der Waals surface area contributed by atoms with E-state index in [2.05, 4.69) is 32.0 Å². The first-order chi connectivity index (χ1) is 17.0. The number of piperidine rings is 1. The molecule has 2 aliphatic rings. The highest BCUT2D eigenvalue weighted by molar-refractivity contribution is 6.06. The number of hydrogen-bond donors (Lipinski definition) is 1. The molecule has 3 heterocycles. The lowest BCUT2D eigenvalue weighted by Crippen LogP contribution is -2.40. The van der Waals surface area contributed by atoms with E-state index in [-0.39, 0.29) is 11.8 Å². The van der Waals surface area contributed by atoms with Gasteiger partial charge in [0.15, 0.2) is 0 Å². The van der Waals surface area contributed by atoms with Crippen LogP contribution in [0.2, 0.25) is 0 Å². The van der Waals surface area contributed by atoms with E-state index in [0.29, 0.717) is 28.6 Å². The highest BCUT2D eigenvalue weighted by atomic mass is 16.2. The molecule has 1 saturated heterocycles. The number of nitrogens with one attached hydrogen (secondary N) is 1. The zero-order chi connectivity index (χ0) is 24.5. The van der Waals surface area contributed by atoms with Crippen LogP contribution in [0.15, 0.2) is 36.7 Å². The summed E-state index contributed by atoms with van der Waals surface area (Å²) in [5, 5.41) is 13.2. The summed E-state index contributed by atoms with van der Waals surface area (Å²) in [5.74, 6) is 0.672. The molecule has 1 N–H and O–H groups in total. The smallest absolute Gasteiger partial charge is 0.255 e. The molecular formula is C28H31N5O2. The molecule has 7 heteroatoms. The third kappa shape index (κ3) is 4.41. The predicted octanol–water partition coefficient (Wildman–Crippen LogP) is 4.90. The number of nitriles is 1. The zero-order valence-corrected chi connectivity index (χ0v) is 20.4. The van der Waals surface area contributed by atoms with Gasteiger partial charge in [-0.05, 0) is 67.9 Å². The molecule has 35 heavy (non-hydrogen) atoms. The second kappa shape index (κ2) is 9.53. The average Bonchev–Trinajstić information content (AvgIpc) is 3.54. The van der Waals surface area contributed by atoms with Gasteiger partial charge in [0.05, 0.1) is 23.5 Å². The van der Waals surface area contributed by atoms with Crippen LogP contribution in [0.4, 0.5) is 5.69 Å². The summed E-state index contributed by atoms with van der Waals surface area (Å²) in [6, 6.07) is 8.75. The lowest BCUT2D eigenvalue weighted by Gasteiger charge is -2.33. The summed E-state index contributed by atoms with van der Waals surface area (Å²) in [5.41, 5.74) is 4.68. The Balaban J connectivity index is 1.37. The van der Waals surface area contributed by atoms with Crippen LogP contribution in [-0.4, -0.2) is 39.4 Å². The SMILES string of the molecule is Cc1c(NC(=O)c2cccc(C#N)c2)cnc2c1c(C1CCN(C(=O)C3CCCC3)CC1)cn2C. The minimum Gasteiger partial charge on any atom is -0.342 e. The van der Waals surface area contributed by atoms with Gasteiger partial charge >= 0.3 is 0 Å². The van der Waals surface area contributed by atoms with Crippen LogP contribution in [0.1, 0.15) is 71.5 Å². The van der Waals surface area contributed by atoms with Crippen LogP contribution in [0.3, 0.4) is 0 Å². The first kappa shape index (κ1) is 23.1. The van der Waals surface area contributed by atoms with Crippen molar-refractivity contribution < 1.29 is 9.59 Å². The van der Waals surface area contributed by atoms with Crippen LogP contribution >= 0.6 is 0 Å².